The number of ether oxygens (including phenoxy) is 1. The lowest BCUT2D eigenvalue weighted by molar-refractivity contribution is -0.136. The molecular weight excluding hydrogens is 382 g/mol. The minimum Gasteiger partial charge on any atom is -0.497 e. The molecule has 2 aromatic heterocycles. The zero-order valence-electron chi connectivity index (χ0n) is 15.2. The molecule has 0 bridgehead atoms. The Balaban J connectivity index is 0.00000225. The van der Waals surface area contributed by atoms with Crippen molar-refractivity contribution in [2.24, 2.45) is 0 Å². The summed E-state index contributed by atoms with van der Waals surface area (Å²) < 4.78 is 7.29. The van der Waals surface area contributed by atoms with Crippen LogP contribution in [0.4, 0.5) is 0 Å². The summed E-state index contributed by atoms with van der Waals surface area (Å²) in [5.41, 5.74) is 3.13. The number of aromatic nitrogens is 3. The maximum atomic E-state index is 11.4. The number of methoxy groups -OCH3 is 1. The van der Waals surface area contributed by atoms with Crippen molar-refractivity contribution in [2.45, 2.75) is 13.3 Å². The van der Waals surface area contributed by atoms with Gasteiger partial charge in [0.25, 0.3) is 0 Å². The van der Waals surface area contributed by atoms with Crippen LogP contribution in [0.25, 0.3) is 27.6 Å². The highest BCUT2D eigenvalue weighted by atomic mass is 35.5. The van der Waals surface area contributed by atoms with Crippen molar-refractivity contribution in [3.63, 3.8) is 0 Å². The van der Waals surface area contributed by atoms with Crippen molar-refractivity contribution in [3.8, 4) is 11.6 Å². The van der Waals surface area contributed by atoms with Gasteiger partial charge in [0.05, 0.1) is 24.6 Å². The molecule has 0 unspecified atom stereocenters. The van der Waals surface area contributed by atoms with Crippen molar-refractivity contribution < 1.29 is 20.1 Å². The van der Waals surface area contributed by atoms with Crippen LogP contribution >= 0.6 is 11.6 Å². The minimum absolute atomic E-state index is 0. The molecule has 8 heteroatoms. The summed E-state index contributed by atoms with van der Waals surface area (Å²) in [6.07, 6.45) is 1.40. The molecule has 28 heavy (non-hydrogen) atoms. The highest BCUT2D eigenvalue weighted by Crippen LogP contribution is 2.34. The number of rotatable bonds is 4. The van der Waals surface area contributed by atoms with Crippen LogP contribution in [-0.2, 0) is 11.2 Å². The van der Waals surface area contributed by atoms with Gasteiger partial charge in [0.15, 0.2) is 0 Å². The van der Waals surface area contributed by atoms with Crippen molar-refractivity contribution in [2.75, 3.05) is 7.11 Å². The third-order valence-electron chi connectivity index (χ3n) is 4.66. The first-order valence-electron chi connectivity index (χ1n) is 8.30. The van der Waals surface area contributed by atoms with Crippen molar-refractivity contribution in [1.82, 2.24) is 14.5 Å². The quantitative estimate of drug-likeness (QED) is 0.566. The van der Waals surface area contributed by atoms with Gasteiger partial charge in [-0.25, -0.2) is 9.97 Å². The van der Waals surface area contributed by atoms with Gasteiger partial charge >= 0.3 is 5.97 Å². The zero-order valence-corrected chi connectivity index (χ0v) is 16.0. The molecule has 144 valence electrons. The molecule has 0 aliphatic carbocycles. The molecule has 2 heterocycles. The van der Waals surface area contributed by atoms with Crippen LogP contribution in [0.15, 0.2) is 42.7 Å². The highest BCUT2D eigenvalue weighted by molar-refractivity contribution is 6.31. The number of hydrogen-bond donors (Lipinski definition) is 1. The van der Waals surface area contributed by atoms with Crippen molar-refractivity contribution >= 4 is 39.4 Å². The molecule has 0 saturated carbocycles. The topological polar surface area (TPSA) is 109 Å². The Labute approximate surface area is 165 Å². The number of fused-ring (bicyclic) bond motifs is 2. The summed E-state index contributed by atoms with van der Waals surface area (Å²) in [5.74, 6) is 0.464. The molecule has 0 amide bonds. The second kappa shape index (κ2) is 7.46. The SMILES string of the molecule is COc1ccc2c(c1)c(CC(=O)O)c(C)n2-c1ncnc2cc(Cl)ccc12.O. The van der Waals surface area contributed by atoms with Crippen LogP contribution in [0.5, 0.6) is 5.75 Å². The van der Waals surface area contributed by atoms with Gasteiger partial charge in [-0.1, -0.05) is 11.6 Å². The zero-order chi connectivity index (χ0) is 19.1. The number of benzene rings is 2. The van der Waals surface area contributed by atoms with E-state index in [9.17, 15) is 9.90 Å². The summed E-state index contributed by atoms with van der Waals surface area (Å²) in [5, 5.41) is 11.6. The average molecular weight is 400 g/mol. The Morgan fingerprint density at radius 3 is 2.68 bits per heavy atom. The Hall–Kier alpha value is -3.16. The van der Waals surface area contributed by atoms with E-state index in [-0.39, 0.29) is 11.9 Å². The number of halogens is 1. The van der Waals surface area contributed by atoms with Crippen LogP contribution in [0, 0.1) is 6.92 Å². The standard InChI is InChI=1S/C20H16ClN3O3.H2O/c1-11-15(9-19(25)26)16-8-13(27-2)4-6-18(16)24(11)20-14-5-3-12(21)7-17(14)22-10-23-20;/h3-8,10H,9H2,1-2H3,(H,25,26);1H2. The molecule has 0 saturated heterocycles. The van der Waals surface area contributed by atoms with E-state index in [0.717, 1.165) is 33.1 Å². The van der Waals surface area contributed by atoms with Crippen molar-refractivity contribution in [1.29, 1.82) is 0 Å². The smallest absolute Gasteiger partial charge is 0.307 e. The molecule has 4 aromatic rings. The summed E-state index contributed by atoms with van der Waals surface area (Å²) >= 11 is 6.09. The van der Waals surface area contributed by atoms with Crippen LogP contribution in [-0.4, -0.2) is 38.2 Å². The number of carbonyl (C=O) groups is 1. The Morgan fingerprint density at radius 1 is 1.18 bits per heavy atom. The van der Waals surface area contributed by atoms with E-state index in [0.29, 0.717) is 16.6 Å². The maximum Gasteiger partial charge on any atom is 0.307 e. The van der Waals surface area contributed by atoms with Crippen LogP contribution in [0.2, 0.25) is 5.02 Å². The first kappa shape index (κ1) is 19.6. The van der Waals surface area contributed by atoms with E-state index in [2.05, 4.69) is 9.97 Å². The fourth-order valence-electron chi connectivity index (χ4n) is 3.43. The van der Waals surface area contributed by atoms with Crippen LogP contribution in [0.1, 0.15) is 11.3 Å². The largest absolute Gasteiger partial charge is 0.497 e. The lowest BCUT2D eigenvalue weighted by Crippen LogP contribution is -2.04. The van der Waals surface area contributed by atoms with E-state index in [4.69, 9.17) is 16.3 Å². The van der Waals surface area contributed by atoms with Gasteiger partial charge in [0.1, 0.15) is 17.9 Å². The van der Waals surface area contributed by atoms with Gasteiger partial charge in [-0.15, -0.1) is 0 Å². The molecule has 0 aliphatic rings. The first-order chi connectivity index (χ1) is 13.0. The van der Waals surface area contributed by atoms with Gasteiger partial charge in [-0.3, -0.25) is 9.36 Å². The van der Waals surface area contributed by atoms with E-state index in [1.165, 1.54) is 6.33 Å². The molecule has 7 nitrogen and oxygen atoms in total. The predicted molar refractivity (Wildman–Crippen MR) is 108 cm³/mol. The van der Waals surface area contributed by atoms with Crippen LogP contribution in [0.3, 0.4) is 0 Å². The van der Waals surface area contributed by atoms with E-state index in [1.807, 2.05) is 35.8 Å². The Morgan fingerprint density at radius 2 is 1.96 bits per heavy atom. The monoisotopic (exact) mass is 399 g/mol. The van der Waals surface area contributed by atoms with E-state index in [1.54, 1.807) is 19.2 Å². The second-order valence-electron chi connectivity index (χ2n) is 6.21. The minimum atomic E-state index is -0.890. The summed E-state index contributed by atoms with van der Waals surface area (Å²) in [4.78, 5) is 20.2. The van der Waals surface area contributed by atoms with Gasteiger partial charge < -0.3 is 15.3 Å². The van der Waals surface area contributed by atoms with Gasteiger partial charge in [-0.2, -0.15) is 0 Å². The maximum absolute atomic E-state index is 11.4. The number of nitrogens with zero attached hydrogens (tertiary/aromatic N) is 3. The molecule has 0 aliphatic heterocycles. The van der Waals surface area contributed by atoms with E-state index >= 15 is 0 Å². The molecule has 0 fully saturated rings. The van der Waals surface area contributed by atoms with Crippen LogP contribution < -0.4 is 4.74 Å². The van der Waals surface area contributed by atoms with Gasteiger partial charge in [0.2, 0.25) is 0 Å². The predicted octanol–water partition coefficient (Wildman–Crippen LogP) is 3.35. The summed E-state index contributed by atoms with van der Waals surface area (Å²) in [6.45, 7) is 1.90. The third-order valence-corrected chi connectivity index (χ3v) is 4.89. The molecule has 3 N–H and O–H groups in total. The average Bonchev–Trinajstić information content (AvgIpc) is 2.91. The fraction of sp³-hybridized carbons (Fsp3) is 0.150. The summed E-state index contributed by atoms with van der Waals surface area (Å²) in [7, 11) is 1.59. The molecule has 0 atom stereocenters. The number of carboxylic acids is 1. The number of aliphatic carboxylic acids is 1. The normalized spacial score (nSPS) is 10.8. The number of hydrogen-bond acceptors (Lipinski definition) is 4. The molecular formula is C20H18ClN3O4. The molecule has 0 radical (unpaired) electrons. The van der Waals surface area contributed by atoms with Gasteiger partial charge in [-0.05, 0) is 48.9 Å². The molecule has 0 spiro atoms. The Kier molecular flexibility index (Phi) is 5.22. The van der Waals surface area contributed by atoms with Crippen molar-refractivity contribution in [3.05, 3.63) is 59.0 Å². The molecule has 2 aromatic carbocycles. The number of carboxylic acid groups (broad SMARTS) is 1. The lowest BCUT2D eigenvalue weighted by Gasteiger charge is -2.11. The van der Waals surface area contributed by atoms with Gasteiger partial charge in [0, 0.05) is 21.5 Å². The second-order valence-corrected chi connectivity index (χ2v) is 6.65. The Bertz CT molecular complexity index is 1200. The fourth-order valence-corrected chi connectivity index (χ4v) is 3.60. The molecule has 4 rings (SSSR count). The summed E-state index contributed by atoms with van der Waals surface area (Å²) in [6, 6.07) is 11.1. The van der Waals surface area contributed by atoms with E-state index < -0.39 is 5.97 Å². The first-order valence-corrected chi connectivity index (χ1v) is 8.67. The third kappa shape index (κ3) is 3.15. The highest BCUT2D eigenvalue weighted by Gasteiger charge is 2.20. The lowest BCUT2D eigenvalue weighted by atomic mass is 10.1.